The third kappa shape index (κ3) is 7.39. The number of hydrogen-bond donors (Lipinski definition) is 1. The minimum atomic E-state index is -5.07. The van der Waals surface area contributed by atoms with Crippen molar-refractivity contribution in [1.82, 2.24) is 4.90 Å². The predicted octanol–water partition coefficient (Wildman–Crippen LogP) is 7.14. The smallest absolute Gasteiger partial charge is 0.416 e. The summed E-state index contributed by atoms with van der Waals surface area (Å²) in [7, 11) is 0. The van der Waals surface area contributed by atoms with Gasteiger partial charge >= 0.3 is 18.4 Å². The van der Waals surface area contributed by atoms with Crippen LogP contribution in [0.15, 0.2) is 78.9 Å². The van der Waals surface area contributed by atoms with Crippen LogP contribution in [0.5, 0.6) is 0 Å². The van der Waals surface area contributed by atoms with Gasteiger partial charge in [-0.1, -0.05) is 60.7 Å². The van der Waals surface area contributed by atoms with Gasteiger partial charge in [0.05, 0.1) is 35.9 Å². The molecule has 1 saturated heterocycles. The summed E-state index contributed by atoms with van der Waals surface area (Å²) in [5, 5.41) is 22.2. The van der Waals surface area contributed by atoms with Crippen molar-refractivity contribution in [3.8, 4) is 0 Å². The molecule has 0 saturated carbocycles. The molecule has 242 valence electrons. The van der Waals surface area contributed by atoms with Crippen LogP contribution in [0.2, 0.25) is 0 Å². The Morgan fingerprint density at radius 3 is 2.02 bits per heavy atom. The largest absolute Gasteiger partial charge is 0.445 e. The monoisotopic (exact) mass is 640 g/mol. The maximum atomic E-state index is 13.7. The molecule has 45 heavy (non-hydrogen) atoms. The molecule has 8 nitrogen and oxygen atoms in total. The second-order valence-electron chi connectivity index (χ2n) is 11.0. The van der Waals surface area contributed by atoms with Crippen LogP contribution in [0, 0.1) is 10.1 Å². The van der Waals surface area contributed by atoms with E-state index in [4.69, 9.17) is 9.47 Å². The van der Waals surface area contributed by atoms with Crippen molar-refractivity contribution < 1.29 is 50.6 Å². The number of carbonyl (C=O) groups is 1. The SMILES string of the molecule is C[C@@H](OC[C@@]1(c2ccccc2)CC[C@](CO)([N+](=O)[O-])CN1C(=O)OCc1ccccc1)c1cc(C(F)(F)F)cc(C(F)(F)F)c1. The summed E-state index contributed by atoms with van der Waals surface area (Å²) < 4.78 is 92.6. The van der Waals surface area contributed by atoms with Gasteiger partial charge in [-0.3, -0.25) is 15.0 Å². The molecule has 1 aliphatic heterocycles. The molecule has 3 aromatic rings. The molecule has 0 radical (unpaired) electrons. The van der Waals surface area contributed by atoms with E-state index in [-0.39, 0.29) is 25.5 Å². The van der Waals surface area contributed by atoms with E-state index < -0.39 is 77.0 Å². The number of likely N-dealkylation sites (tertiary alicyclic amines) is 1. The van der Waals surface area contributed by atoms with Crippen LogP contribution in [-0.2, 0) is 34.0 Å². The van der Waals surface area contributed by atoms with Crippen LogP contribution in [0.4, 0.5) is 31.1 Å². The van der Waals surface area contributed by atoms with Gasteiger partial charge in [-0.25, -0.2) is 4.79 Å². The van der Waals surface area contributed by atoms with E-state index in [1.165, 1.54) is 6.92 Å². The normalized spacial score (nSPS) is 21.3. The molecule has 0 bridgehead atoms. The first-order valence-electron chi connectivity index (χ1n) is 13.8. The van der Waals surface area contributed by atoms with Gasteiger partial charge in [-0.2, -0.15) is 26.3 Å². The zero-order chi connectivity index (χ0) is 33.0. The first-order chi connectivity index (χ1) is 21.1. The standard InChI is InChI=1S/C31H30F6N2O6/c1-21(23-14-25(30(32,33)34)16-26(15-23)31(35,36)37)45-20-29(24-10-6-3-7-11-24)13-12-28(19-40,39(42)43)18-38(29)27(41)44-17-22-8-4-2-5-9-22/h2-11,14-16,21,40H,12-13,17-20H2,1H3/t21-,28+,29-/m1/s1. The van der Waals surface area contributed by atoms with Gasteiger partial charge in [-0.05, 0) is 48.2 Å². The fourth-order valence-electron chi connectivity index (χ4n) is 5.33. The summed E-state index contributed by atoms with van der Waals surface area (Å²) in [6, 6.07) is 17.9. The first kappa shape index (κ1) is 33.7. The number of nitro groups is 1. The lowest BCUT2D eigenvalue weighted by atomic mass is 9.75. The second kappa shape index (κ2) is 13.1. The van der Waals surface area contributed by atoms with Crippen LogP contribution in [0.1, 0.15) is 53.7 Å². The molecular formula is C31H30F6N2O6. The Labute approximate surface area is 254 Å². The van der Waals surface area contributed by atoms with Crippen LogP contribution in [0.25, 0.3) is 0 Å². The van der Waals surface area contributed by atoms with Crippen LogP contribution in [-0.4, -0.2) is 46.3 Å². The average Bonchev–Trinajstić information content (AvgIpc) is 3.02. The number of benzene rings is 3. The van der Waals surface area contributed by atoms with Gasteiger partial charge in [0.15, 0.2) is 0 Å². The molecule has 3 atom stereocenters. The lowest BCUT2D eigenvalue weighted by Crippen LogP contribution is -2.65. The number of hydrogen-bond acceptors (Lipinski definition) is 6. The van der Waals surface area contributed by atoms with Crippen molar-refractivity contribution >= 4 is 6.09 Å². The number of nitrogens with zero attached hydrogens (tertiary/aromatic N) is 2. The lowest BCUT2D eigenvalue weighted by molar-refractivity contribution is -0.579. The quantitative estimate of drug-likeness (QED) is 0.152. The predicted molar refractivity (Wildman–Crippen MR) is 148 cm³/mol. The molecule has 3 aromatic carbocycles. The summed E-state index contributed by atoms with van der Waals surface area (Å²) in [5.41, 5.74) is -5.85. The number of halogens is 6. The molecule has 0 spiro atoms. The molecular weight excluding hydrogens is 610 g/mol. The summed E-state index contributed by atoms with van der Waals surface area (Å²) >= 11 is 0. The van der Waals surface area contributed by atoms with Crippen LogP contribution in [0.3, 0.4) is 0 Å². The maximum absolute atomic E-state index is 13.7. The number of carbonyl (C=O) groups excluding carboxylic acids is 1. The van der Waals surface area contributed by atoms with Gasteiger partial charge < -0.3 is 14.6 Å². The van der Waals surface area contributed by atoms with Crippen LogP contribution < -0.4 is 0 Å². The summed E-state index contributed by atoms with van der Waals surface area (Å²) in [4.78, 5) is 26.2. The highest BCUT2D eigenvalue weighted by molar-refractivity contribution is 5.70. The number of alkyl halides is 6. The zero-order valence-corrected chi connectivity index (χ0v) is 24.0. The molecule has 0 unspecified atom stereocenters. The fraction of sp³-hybridized carbons (Fsp3) is 0.387. The number of aliphatic hydroxyl groups excluding tert-OH is 1. The van der Waals surface area contributed by atoms with E-state index in [9.17, 15) is 46.4 Å². The van der Waals surface area contributed by atoms with E-state index >= 15 is 0 Å². The van der Waals surface area contributed by atoms with Crippen molar-refractivity contribution in [3.63, 3.8) is 0 Å². The summed E-state index contributed by atoms with van der Waals surface area (Å²) in [6.45, 7) is -0.930. The highest BCUT2D eigenvalue weighted by Gasteiger charge is 2.57. The first-order valence-corrected chi connectivity index (χ1v) is 13.8. The van der Waals surface area contributed by atoms with E-state index in [1.54, 1.807) is 60.7 Å². The zero-order valence-electron chi connectivity index (χ0n) is 24.0. The summed E-state index contributed by atoms with van der Waals surface area (Å²) in [6.07, 6.45) is -12.8. The number of aliphatic hydroxyl groups is 1. The molecule has 1 fully saturated rings. The molecule has 1 N–H and O–H groups in total. The highest BCUT2D eigenvalue weighted by atomic mass is 19.4. The molecule has 14 heteroatoms. The third-order valence-electron chi connectivity index (χ3n) is 8.04. The Balaban J connectivity index is 1.74. The minimum Gasteiger partial charge on any atom is -0.445 e. The second-order valence-corrected chi connectivity index (χ2v) is 11.0. The molecule has 0 aliphatic carbocycles. The van der Waals surface area contributed by atoms with E-state index in [0.29, 0.717) is 23.3 Å². The Morgan fingerprint density at radius 2 is 1.51 bits per heavy atom. The lowest BCUT2D eigenvalue weighted by Gasteiger charge is -2.49. The van der Waals surface area contributed by atoms with Gasteiger partial charge in [-0.15, -0.1) is 0 Å². The molecule has 1 heterocycles. The molecule has 1 aliphatic rings. The van der Waals surface area contributed by atoms with Crippen molar-refractivity contribution in [1.29, 1.82) is 0 Å². The van der Waals surface area contributed by atoms with Gasteiger partial charge in [0, 0.05) is 11.3 Å². The topological polar surface area (TPSA) is 102 Å². The highest BCUT2D eigenvalue weighted by Crippen LogP contribution is 2.44. The number of ether oxygens (including phenoxy) is 2. The Bertz CT molecular complexity index is 1460. The van der Waals surface area contributed by atoms with Gasteiger partial charge in [0.1, 0.15) is 13.2 Å². The number of piperidine rings is 1. The number of amides is 1. The van der Waals surface area contributed by atoms with Crippen LogP contribution >= 0.6 is 0 Å². The fourth-order valence-corrected chi connectivity index (χ4v) is 5.33. The van der Waals surface area contributed by atoms with Crippen molar-refractivity contribution in [2.45, 2.75) is 55.9 Å². The molecule has 1 amide bonds. The van der Waals surface area contributed by atoms with Gasteiger partial charge in [0.2, 0.25) is 0 Å². The average molecular weight is 641 g/mol. The molecule has 0 aromatic heterocycles. The van der Waals surface area contributed by atoms with E-state index in [0.717, 1.165) is 4.90 Å². The Kier molecular flexibility index (Phi) is 9.78. The third-order valence-corrected chi connectivity index (χ3v) is 8.04. The Morgan fingerprint density at radius 1 is 0.956 bits per heavy atom. The maximum Gasteiger partial charge on any atom is 0.416 e. The summed E-state index contributed by atoms with van der Waals surface area (Å²) in [5.74, 6) is 0. The van der Waals surface area contributed by atoms with E-state index in [2.05, 4.69) is 0 Å². The van der Waals surface area contributed by atoms with Gasteiger partial charge in [0.25, 0.3) is 5.54 Å². The minimum absolute atomic E-state index is 0.0133. The molecule has 4 rings (SSSR count). The Hall–Kier alpha value is -4.17. The van der Waals surface area contributed by atoms with Crippen molar-refractivity contribution in [2.24, 2.45) is 0 Å². The van der Waals surface area contributed by atoms with E-state index in [1.807, 2.05) is 0 Å². The van der Waals surface area contributed by atoms with Crippen molar-refractivity contribution in [3.05, 3.63) is 117 Å². The number of rotatable bonds is 9. The van der Waals surface area contributed by atoms with Crippen molar-refractivity contribution in [2.75, 3.05) is 19.8 Å².